The van der Waals surface area contributed by atoms with Crippen molar-refractivity contribution in [3.05, 3.63) is 35.9 Å². The zero-order valence-electron chi connectivity index (χ0n) is 20.8. The summed E-state index contributed by atoms with van der Waals surface area (Å²) in [6, 6.07) is 8.42. The van der Waals surface area contributed by atoms with Gasteiger partial charge in [0, 0.05) is 13.3 Å². The van der Waals surface area contributed by atoms with Crippen molar-refractivity contribution in [1.82, 2.24) is 0 Å². The summed E-state index contributed by atoms with van der Waals surface area (Å²) in [6.07, 6.45) is -4.25. The Bertz CT molecular complexity index is 880. The Labute approximate surface area is 200 Å². The Kier molecular flexibility index (Phi) is 8.83. The van der Waals surface area contributed by atoms with Gasteiger partial charge in [0.25, 0.3) is 0 Å². The van der Waals surface area contributed by atoms with Crippen LogP contribution in [0, 0.1) is 10.8 Å². The molecule has 0 unspecified atom stereocenters. The molecule has 34 heavy (non-hydrogen) atoms. The van der Waals surface area contributed by atoms with Gasteiger partial charge in [-0.1, -0.05) is 18.2 Å². The highest BCUT2D eigenvalue weighted by molar-refractivity contribution is 5.89. The molecule has 188 valence electrons. The maximum atomic E-state index is 12.7. The summed E-state index contributed by atoms with van der Waals surface area (Å²) in [5.41, 5.74) is -1.33. The number of benzene rings is 1. The first kappa shape index (κ1) is 27.3. The van der Waals surface area contributed by atoms with Gasteiger partial charge in [-0.25, -0.2) is 4.79 Å². The van der Waals surface area contributed by atoms with Crippen LogP contribution in [0.4, 0.5) is 0 Å². The quantitative estimate of drug-likeness (QED) is 0.448. The van der Waals surface area contributed by atoms with Gasteiger partial charge in [0.2, 0.25) is 12.4 Å². The molecule has 0 amide bonds. The molecule has 0 saturated carbocycles. The summed E-state index contributed by atoms with van der Waals surface area (Å²) in [6.45, 7) is 11.1. The molecule has 1 saturated heterocycles. The first-order valence-corrected chi connectivity index (χ1v) is 11.2. The second-order valence-electron chi connectivity index (χ2n) is 10.2. The van der Waals surface area contributed by atoms with Crippen molar-refractivity contribution in [2.45, 2.75) is 79.5 Å². The molecule has 1 fully saturated rings. The molecule has 1 aliphatic heterocycles. The van der Waals surface area contributed by atoms with E-state index in [2.05, 4.69) is 0 Å². The molecule has 9 nitrogen and oxygen atoms in total. The lowest BCUT2D eigenvalue weighted by Gasteiger charge is -2.41. The number of carbonyl (C=O) groups excluding carboxylic acids is 4. The minimum atomic E-state index is -1.35. The molecular weight excluding hydrogens is 444 g/mol. The number of carbonyl (C=O) groups is 4. The number of rotatable bonds is 6. The highest BCUT2D eigenvalue weighted by atomic mass is 16.7. The lowest BCUT2D eigenvalue weighted by Crippen LogP contribution is -2.55. The third kappa shape index (κ3) is 7.83. The maximum absolute atomic E-state index is 12.7. The molecule has 1 aliphatic rings. The molecular formula is C25H34O9. The molecule has 1 heterocycles. The minimum Gasteiger partial charge on any atom is -0.459 e. The van der Waals surface area contributed by atoms with Gasteiger partial charge in [0.15, 0.2) is 0 Å². The largest absolute Gasteiger partial charge is 0.459 e. The van der Waals surface area contributed by atoms with E-state index >= 15 is 0 Å². The maximum Gasteiger partial charge on any atom is 0.338 e. The van der Waals surface area contributed by atoms with Crippen molar-refractivity contribution >= 4 is 23.9 Å². The summed E-state index contributed by atoms with van der Waals surface area (Å²) in [5, 5.41) is 0. The van der Waals surface area contributed by atoms with Crippen molar-refractivity contribution in [1.29, 1.82) is 0 Å². The van der Waals surface area contributed by atoms with Crippen molar-refractivity contribution < 1.29 is 42.9 Å². The standard InChI is InChI=1S/C25H34O9/c1-15(26)31-21-19(34-23(29)25(5,6)7)18(33-22(28)24(2,3)4)13-17(32-21)14-30-20(27)16-11-9-8-10-12-16/h8-12,17-19,21H,13-14H2,1-7H3/t17-,18-,19-,21-/m0/s1. The van der Waals surface area contributed by atoms with E-state index < -0.39 is 59.3 Å². The van der Waals surface area contributed by atoms with Gasteiger partial charge in [0.1, 0.15) is 12.7 Å². The van der Waals surface area contributed by atoms with Crippen LogP contribution in [0.25, 0.3) is 0 Å². The van der Waals surface area contributed by atoms with Crippen LogP contribution < -0.4 is 0 Å². The van der Waals surface area contributed by atoms with Crippen molar-refractivity contribution in [2.24, 2.45) is 10.8 Å². The average molecular weight is 479 g/mol. The Morgan fingerprint density at radius 2 is 1.44 bits per heavy atom. The second-order valence-corrected chi connectivity index (χ2v) is 10.2. The topological polar surface area (TPSA) is 114 Å². The second kappa shape index (κ2) is 11.0. The first-order chi connectivity index (χ1) is 15.7. The third-order valence-corrected chi connectivity index (χ3v) is 4.87. The summed E-state index contributed by atoms with van der Waals surface area (Å²) >= 11 is 0. The van der Waals surface area contributed by atoms with E-state index in [-0.39, 0.29) is 13.0 Å². The summed E-state index contributed by atoms with van der Waals surface area (Å²) in [4.78, 5) is 49.4. The normalized spacial score (nSPS) is 22.9. The molecule has 9 heteroatoms. The minimum absolute atomic E-state index is 0.0593. The lowest BCUT2D eigenvalue weighted by atomic mass is 9.95. The fraction of sp³-hybridized carbons (Fsp3) is 0.600. The monoisotopic (exact) mass is 478 g/mol. The summed E-state index contributed by atoms with van der Waals surface area (Å²) < 4.78 is 27.7. The lowest BCUT2D eigenvalue weighted by molar-refractivity contribution is -0.274. The Morgan fingerprint density at radius 3 is 1.97 bits per heavy atom. The fourth-order valence-electron chi connectivity index (χ4n) is 2.94. The van der Waals surface area contributed by atoms with E-state index in [1.165, 1.54) is 6.92 Å². The molecule has 0 spiro atoms. The van der Waals surface area contributed by atoms with Crippen molar-refractivity contribution in [3.8, 4) is 0 Å². The molecule has 2 rings (SSSR count). The fourth-order valence-corrected chi connectivity index (χ4v) is 2.94. The van der Waals surface area contributed by atoms with Gasteiger partial charge < -0.3 is 23.7 Å². The van der Waals surface area contributed by atoms with Crippen LogP contribution in [-0.4, -0.2) is 55.1 Å². The number of esters is 4. The van der Waals surface area contributed by atoms with Gasteiger partial charge in [-0.05, 0) is 53.7 Å². The average Bonchev–Trinajstić information content (AvgIpc) is 2.72. The molecule has 4 atom stereocenters. The summed E-state index contributed by atoms with van der Waals surface area (Å²) in [7, 11) is 0. The molecule has 0 radical (unpaired) electrons. The molecule has 0 N–H and O–H groups in total. The Balaban J connectivity index is 2.25. The first-order valence-electron chi connectivity index (χ1n) is 11.2. The molecule has 0 bridgehead atoms. The van der Waals surface area contributed by atoms with Gasteiger partial charge in [0.05, 0.1) is 22.5 Å². The molecule has 0 aliphatic carbocycles. The van der Waals surface area contributed by atoms with Gasteiger partial charge >= 0.3 is 23.9 Å². The number of ether oxygens (including phenoxy) is 5. The van der Waals surface area contributed by atoms with E-state index in [9.17, 15) is 19.2 Å². The van der Waals surface area contributed by atoms with Gasteiger partial charge in [-0.2, -0.15) is 0 Å². The van der Waals surface area contributed by atoms with Crippen LogP contribution >= 0.6 is 0 Å². The van der Waals surface area contributed by atoms with E-state index in [0.29, 0.717) is 5.56 Å². The van der Waals surface area contributed by atoms with Gasteiger partial charge in [-0.3, -0.25) is 14.4 Å². The van der Waals surface area contributed by atoms with Crippen molar-refractivity contribution in [2.75, 3.05) is 6.61 Å². The Morgan fingerprint density at radius 1 is 0.882 bits per heavy atom. The molecule has 0 aromatic heterocycles. The summed E-state index contributed by atoms with van der Waals surface area (Å²) in [5.74, 6) is -2.34. The van der Waals surface area contributed by atoms with E-state index in [0.717, 1.165) is 0 Å². The van der Waals surface area contributed by atoms with Crippen LogP contribution in [-0.2, 0) is 38.1 Å². The van der Waals surface area contributed by atoms with Crippen LogP contribution in [0.3, 0.4) is 0 Å². The molecule has 1 aromatic carbocycles. The predicted molar refractivity (Wildman–Crippen MR) is 120 cm³/mol. The van der Waals surface area contributed by atoms with Crippen LogP contribution in [0.5, 0.6) is 0 Å². The Hall–Kier alpha value is -2.94. The highest BCUT2D eigenvalue weighted by Crippen LogP contribution is 2.31. The molecule has 1 aromatic rings. The number of hydrogen-bond donors (Lipinski definition) is 0. The third-order valence-electron chi connectivity index (χ3n) is 4.87. The van der Waals surface area contributed by atoms with Crippen molar-refractivity contribution in [3.63, 3.8) is 0 Å². The van der Waals surface area contributed by atoms with Crippen LogP contribution in [0.2, 0.25) is 0 Å². The number of hydrogen-bond acceptors (Lipinski definition) is 9. The van der Waals surface area contributed by atoms with Crippen LogP contribution in [0.1, 0.15) is 65.2 Å². The van der Waals surface area contributed by atoms with Crippen LogP contribution in [0.15, 0.2) is 30.3 Å². The van der Waals surface area contributed by atoms with E-state index in [1.807, 2.05) is 0 Å². The predicted octanol–water partition coefficient (Wildman–Crippen LogP) is 3.44. The van der Waals surface area contributed by atoms with Gasteiger partial charge in [-0.15, -0.1) is 0 Å². The zero-order chi connectivity index (χ0) is 25.7. The zero-order valence-corrected chi connectivity index (χ0v) is 20.8. The SMILES string of the molecule is CC(=O)O[C@H]1O[C@H](COC(=O)c2ccccc2)C[C@H](OC(=O)C(C)(C)C)[C@@H]1OC(=O)C(C)(C)C. The van der Waals surface area contributed by atoms with E-state index in [1.54, 1.807) is 71.9 Å². The highest BCUT2D eigenvalue weighted by Gasteiger charge is 2.47. The smallest absolute Gasteiger partial charge is 0.338 e. The van der Waals surface area contributed by atoms with E-state index in [4.69, 9.17) is 23.7 Å².